The number of rotatable bonds is 1. The van der Waals surface area contributed by atoms with Crippen molar-refractivity contribution in [2.45, 2.75) is 18.9 Å². The fourth-order valence-electron chi connectivity index (χ4n) is 1.67. The van der Waals surface area contributed by atoms with Gasteiger partial charge in [-0.05, 0) is 17.2 Å². The van der Waals surface area contributed by atoms with E-state index in [1.165, 1.54) is 0 Å². The maximum absolute atomic E-state index is 11.4. The second-order valence-corrected chi connectivity index (χ2v) is 3.57. The number of hydrogen-bond donors (Lipinski definition) is 1. The number of benzene rings is 1. The summed E-state index contributed by atoms with van der Waals surface area (Å²) in [5.41, 5.74) is 1.76. The Bertz CT molecular complexity index is 365. The second-order valence-electron chi connectivity index (χ2n) is 3.57. The summed E-state index contributed by atoms with van der Waals surface area (Å²) < 4.78 is 0. The predicted molar refractivity (Wildman–Crippen MR) is 54.7 cm³/mol. The van der Waals surface area contributed by atoms with Crippen LogP contribution in [0.15, 0.2) is 35.9 Å². The number of Topliss-reactive ketones (excluding diaryl/α,β-unsaturated/α-hetero) is 1. The van der Waals surface area contributed by atoms with Crippen LogP contribution in [0.1, 0.15) is 18.4 Å². The van der Waals surface area contributed by atoms with Crippen LogP contribution in [0.25, 0.3) is 6.08 Å². The van der Waals surface area contributed by atoms with E-state index in [2.05, 4.69) is 0 Å². The van der Waals surface area contributed by atoms with Crippen LogP contribution in [0.4, 0.5) is 0 Å². The van der Waals surface area contributed by atoms with Crippen LogP contribution in [-0.2, 0) is 4.79 Å². The van der Waals surface area contributed by atoms with Gasteiger partial charge in [-0.1, -0.05) is 30.3 Å². The number of hydrogen-bond acceptors (Lipinski definition) is 2. The molecule has 1 aromatic rings. The first-order chi connectivity index (χ1) is 6.75. The zero-order valence-electron chi connectivity index (χ0n) is 7.81. The van der Waals surface area contributed by atoms with E-state index in [9.17, 15) is 9.90 Å². The lowest BCUT2D eigenvalue weighted by Crippen LogP contribution is -1.98. The van der Waals surface area contributed by atoms with Gasteiger partial charge in [0, 0.05) is 12.8 Å². The van der Waals surface area contributed by atoms with Crippen LogP contribution in [0.5, 0.6) is 0 Å². The molecule has 1 aromatic carbocycles. The van der Waals surface area contributed by atoms with Crippen molar-refractivity contribution >= 4 is 11.9 Å². The molecule has 2 rings (SSSR count). The third kappa shape index (κ3) is 1.91. The summed E-state index contributed by atoms with van der Waals surface area (Å²) in [7, 11) is 0. The molecule has 0 aliphatic heterocycles. The van der Waals surface area contributed by atoms with E-state index in [0.29, 0.717) is 6.42 Å². The molecule has 0 spiro atoms. The average molecular weight is 188 g/mol. The standard InChI is InChI=1S/C12H12O2/c13-11-7-10(12(14)8-11)6-9-4-2-1-3-5-9/h1-6,11,13H,7-8H2/b10-6-. The van der Waals surface area contributed by atoms with Gasteiger partial charge < -0.3 is 5.11 Å². The molecule has 0 amide bonds. The van der Waals surface area contributed by atoms with Crippen LogP contribution >= 0.6 is 0 Å². The van der Waals surface area contributed by atoms with Gasteiger partial charge in [-0.2, -0.15) is 0 Å². The van der Waals surface area contributed by atoms with Crippen LogP contribution in [0.3, 0.4) is 0 Å². The van der Waals surface area contributed by atoms with E-state index >= 15 is 0 Å². The molecule has 1 saturated carbocycles. The van der Waals surface area contributed by atoms with E-state index in [1.807, 2.05) is 36.4 Å². The molecular formula is C12H12O2. The molecule has 0 aromatic heterocycles. The lowest BCUT2D eigenvalue weighted by Gasteiger charge is -1.96. The van der Waals surface area contributed by atoms with Gasteiger partial charge in [-0.15, -0.1) is 0 Å². The molecule has 2 heteroatoms. The van der Waals surface area contributed by atoms with Gasteiger partial charge in [-0.25, -0.2) is 0 Å². The number of ketones is 1. The first-order valence-corrected chi connectivity index (χ1v) is 4.72. The monoisotopic (exact) mass is 188 g/mol. The van der Waals surface area contributed by atoms with E-state index in [1.54, 1.807) is 0 Å². The molecule has 72 valence electrons. The van der Waals surface area contributed by atoms with Crippen molar-refractivity contribution in [3.8, 4) is 0 Å². The van der Waals surface area contributed by atoms with Gasteiger partial charge in [0.1, 0.15) is 0 Å². The minimum atomic E-state index is -0.475. The van der Waals surface area contributed by atoms with Gasteiger partial charge >= 0.3 is 0 Å². The number of carbonyl (C=O) groups excluding carboxylic acids is 1. The molecule has 2 nitrogen and oxygen atoms in total. The summed E-state index contributed by atoms with van der Waals surface area (Å²) in [6, 6.07) is 9.70. The van der Waals surface area contributed by atoms with Crippen molar-refractivity contribution in [1.82, 2.24) is 0 Å². The number of aliphatic hydroxyl groups is 1. The zero-order valence-corrected chi connectivity index (χ0v) is 7.81. The summed E-state index contributed by atoms with van der Waals surface area (Å²) >= 11 is 0. The SMILES string of the molecule is O=C1CC(O)C/C1=C/c1ccccc1. The number of aliphatic hydroxyl groups excluding tert-OH is 1. The highest BCUT2D eigenvalue weighted by atomic mass is 16.3. The Hall–Kier alpha value is -1.41. The Morgan fingerprint density at radius 2 is 1.93 bits per heavy atom. The normalized spacial score (nSPS) is 24.5. The van der Waals surface area contributed by atoms with Crippen molar-refractivity contribution in [3.05, 3.63) is 41.5 Å². The van der Waals surface area contributed by atoms with Crippen LogP contribution in [-0.4, -0.2) is 17.0 Å². The molecule has 0 bridgehead atoms. The van der Waals surface area contributed by atoms with Gasteiger partial charge in [0.2, 0.25) is 0 Å². The minimum absolute atomic E-state index is 0.0707. The summed E-state index contributed by atoms with van der Waals surface area (Å²) in [5, 5.41) is 9.29. The van der Waals surface area contributed by atoms with E-state index < -0.39 is 6.10 Å². The first-order valence-electron chi connectivity index (χ1n) is 4.72. The van der Waals surface area contributed by atoms with Crippen molar-refractivity contribution in [3.63, 3.8) is 0 Å². The van der Waals surface area contributed by atoms with Gasteiger partial charge in [0.15, 0.2) is 5.78 Å². The predicted octanol–water partition coefficient (Wildman–Crippen LogP) is 1.79. The van der Waals surface area contributed by atoms with Gasteiger partial charge in [-0.3, -0.25) is 4.79 Å². The molecule has 1 fully saturated rings. The maximum atomic E-state index is 11.4. The average Bonchev–Trinajstić information content (AvgIpc) is 2.47. The smallest absolute Gasteiger partial charge is 0.161 e. The highest BCUT2D eigenvalue weighted by Gasteiger charge is 2.24. The molecule has 1 atom stereocenters. The Kier molecular flexibility index (Phi) is 2.46. The van der Waals surface area contributed by atoms with Gasteiger partial charge in [0.05, 0.1) is 6.10 Å². The highest BCUT2D eigenvalue weighted by Crippen LogP contribution is 2.23. The summed E-state index contributed by atoms with van der Waals surface area (Å²) in [5.74, 6) is 0.0707. The second kappa shape index (κ2) is 3.76. The number of carbonyl (C=O) groups is 1. The lowest BCUT2D eigenvalue weighted by molar-refractivity contribution is -0.115. The van der Waals surface area contributed by atoms with Gasteiger partial charge in [0.25, 0.3) is 0 Å². The Labute approximate surface area is 82.9 Å². The third-order valence-electron chi connectivity index (χ3n) is 2.38. The summed E-state index contributed by atoms with van der Waals surface area (Å²) in [6.45, 7) is 0. The molecule has 0 radical (unpaired) electrons. The highest BCUT2D eigenvalue weighted by molar-refractivity contribution is 6.02. The molecule has 1 aliphatic rings. The fraction of sp³-hybridized carbons (Fsp3) is 0.250. The third-order valence-corrected chi connectivity index (χ3v) is 2.38. The van der Waals surface area contributed by atoms with Crippen LogP contribution in [0, 0.1) is 0 Å². The topological polar surface area (TPSA) is 37.3 Å². The summed E-state index contributed by atoms with van der Waals surface area (Å²) in [4.78, 5) is 11.4. The van der Waals surface area contributed by atoms with E-state index in [-0.39, 0.29) is 12.2 Å². The van der Waals surface area contributed by atoms with Crippen molar-refractivity contribution in [1.29, 1.82) is 0 Å². The maximum Gasteiger partial charge on any atom is 0.161 e. The lowest BCUT2D eigenvalue weighted by atomic mass is 10.1. The zero-order chi connectivity index (χ0) is 9.97. The molecule has 1 aliphatic carbocycles. The van der Waals surface area contributed by atoms with Crippen LogP contribution < -0.4 is 0 Å². The Morgan fingerprint density at radius 1 is 1.21 bits per heavy atom. The van der Waals surface area contributed by atoms with Crippen molar-refractivity contribution in [2.75, 3.05) is 0 Å². The Balaban J connectivity index is 2.23. The summed E-state index contributed by atoms with van der Waals surface area (Å²) in [6.07, 6.45) is 2.16. The minimum Gasteiger partial charge on any atom is -0.392 e. The van der Waals surface area contributed by atoms with Crippen molar-refractivity contribution < 1.29 is 9.90 Å². The molecule has 1 unspecified atom stereocenters. The fourth-order valence-corrected chi connectivity index (χ4v) is 1.67. The molecule has 0 saturated heterocycles. The molecule has 14 heavy (non-hydrogen) atoms. The van der Waals surface area contributed by atoms with E-state index in [4.69, 9.17) is 0 Å². The molecule has 0 heterocycles. The Morgan fingerprint density at radius 3 is 2.50 bits per heavy atom. The first kappa shape index (κ1) is 9.16. The molecule has 1 N–H and O–H groups in total. The van der Waals surface area contributed by atoms with Crippen LogP contribution in [0.2, 0.25) is 0 Å². The largest absolute Gasteiger partial charge is 0.392 e. The van der Waals surface area contributed by atoms with Crippen molar-refractivity contribution in [2.24, 2.45) is 0 Å². The van der Waals surface area contributed by atoms with E-state index in [0.717, 1.165) is 11.1 Å². The molecular weight excluding hydrogens is 176 g/mol. The quantitative estimate of drug-likeness (QED) is 0.682.